The number of aromatic nitrogens is 4. The molecular formula is C24H19ClN4O. The maximum Gasteiger partial charge on any atom is 0.333 e. The fraction of sp³-hybridized carbons (Fsp3) is 0.0833. The van der Waals surface area contributed by atoms with Gasteiger partial charge in [-0.2, -0.15) is 0 Å². The van der Waals surface area contributed by atoms with Crippen molar-refractivity contribution in [3.05, 3.63) is 94.1 Å². The van der Waals surface area contributed by atoms with Gasteiger partial charge in [-0.05, 0) is 37.3 Å². The van der Waals surface area contributed by atoms with E-state index in [4.69, 9.17) is 11.6 Å². The van der Waals surface area contributed by atoms with Gasteiger partial charge in [0.25, 0.3) is 0 Å². The first-order valence-corrected chi connectivity index (χ1v) is 9.99. The molecule has 0 saturated carbocycles. The summed E-state index contributed by atoms with van der Waals surface area (Å²) in [7, 11) is 1.77. The van der Waals surface area contributed by atoms with Crippen molar-refractivity contribution in [3.8, 4) is 28.2 Å². The predicted molar refractivity (Wildman–Crippen MR) is 121 cm³/mol. The van der Waals surface area contributed by atoms with Gasteiger partial charge in [0.1, 0.15) is 0 Å². The summed E-state index contributed by atoms with van der Waals surface area (Å²) in [5.41, 5.74) is 7.14. The third-order valence-corrected chi connectivity index (χ3v) is 5.69. The van der Waals surface area contributed by atoms with Crippen molar-refractivity contribution in [3.63, 3.8) is 0 Å². The third kappa shape index (κ3) is 2.86. The van der Waals surface area contributed by atoms with Gasteiger partial charge in [0.2, 0.25) is 0 Å². The summed E-state index contributed by atoms with van der Waals surface area (Å²) in [5, 5.41) is 0.534. The quantitative estimate of drug-likeness (QED) is 0.432. The monoisotopic (exact) mass is 414 g/mol. The van der Waals surface area contributed by atoms with E-state index in [-0.39, 0.29) is 5.69 Å². The number of rotatable bonds is 3. The van der Waals surface area contributed by atoms with Gasteiger partial charge in [-0.15, -0.1) is 0 Å². The molecule has 0 radical (unpaired) electrons. The molecule has 3 aromatic carbocycles. The highest BCUT2D eigenvalue weighted by Gasteiger charge is 2.17. The summed E-state index contributed by atoms with van der Waals surface area (Å²) >= 11 is 6.37. The predicted octanol–water partition coefficient (Wildman–Crippen LogP) is 5.35. The number of imidazole rings is 2. The molecule has 0 amide bonds. The standard InChI is InChI=1S/C24H19ClN4O/c1-15-6-5-7-16(12-15)22-23(27-14-26-22)17-10-11-20-21(13-17)28(2)24(30)29(20)19-9-4-3-8-18(19)25/h3-14H,1-2H3,(H,26,27). The fourth-order valence-electron chi connectivity index (χ4n) is 3.88. The zero-order valence-electron chi connectivity index (χ0n) is 16.6. The topological polar surface area (TPSA) is 55.6 Å². The Kier molecular flexibility index (Phi) is 4.33. The van der Waals surface area contributed by atoms with Crippen LogP contribution in [0.5, 0.6) is 0 Å². The summed E-state index contributed by atoms with van der Waals surface area (Å²) in [6.45, 7) is 2.06. The van der Waals surface area contributed by atoms with Gasteiger partial charge >= 0.3 is 5.69 Å². The largest absolute Gasteiger partial charge is 0.344 e. The van der Waals surface area contributed by atoms with E-state index >= 15 is 0 Å². The Hall–Kier alpha value is -3.57. The number of halogens is 1. The van der Waals surface area contributed by atoms with E-state index in [9.17, 15) is 4.79 Å². The minimum Gasteiger partial charge on any atom is -0.344 e. The lowest BCUT2D eigenvalue weighted by atomic mass is 10.0. The molecule has 0 saturated heterocycles. The van der Waals surface area contributed by atoms with Crippen molar-refractivity contribution >= 4 is 22.6 Å². The molecule has 2 heterocycles. The highest BCUT2D eigenvalue weighted by atomic mass is 35.5. The van der Waals surface area contributed by atoms with Crippen molar-refractivity contribution in [1.82, 2.24) is 19.1 Å². The molecule has 6 heteroatoms. The summed E-state index contributed by atoms with van der Waals surface area (Å²) in [4.78, 5) is 20.8. The van der Waals surface area contributed by atoms with Crippen LogP contribution in [0, 0.1) is 6.92 Å². The van der Waals surface area contributed by atoms with Gasteiger partial charge in [0, 0.05) is 18.2 Å². The Morgan fingerprint density at radius 3 is 2.57 bits per heavy atom. The number of para-hydroxylation sites is 1. The maximum atomic E-state index is 13.0. The molecule has 1 N–H and O–H groups in total. The smallest absolute Gasteiger partial charge is 0.333 e. The van der Waals surface area contributed by atoms with Crippen molar-refractivity contribution < 1.29 is 0 Å². The van der Waals surface area contributed by atoms with Crippen LogP contribution >= 0.6 is 11.6 Å². The summed E-state index contributed by atoms with van der Waals surface area (Å²) in [6.07, 6.45) is 1.70. The van der Waals surface area contributed by atoms with Crippen LogP contribution in [0.4, 0.5) is 0 Å². The van der Waals surface area contributed by atoms with Crippen LogP contribution in [-0.2, 0) is 7.05 Å². The number of nitrogens with zero attached hydrogens (tertiary/aromatic N) is 3. The number of nitrogens with one attached hydrogen (secondary N) is 1. The van der Waals surface area contributed by atoms with Crippen LogP contribution in [0.2, 0.25) is 5.02 Å². The van der Waals surface area contributed by atoms with Gasteiger partial charge < -0.3 is 4.98 Å². The van der Waals surface area contributed by atoms with Crippen LogP contribution < -0.4 is 5.69 Å². The van der Waals surface area contributed by atoms with E-state index in [0.717, 1.165) is 33.5 Å². The van der Waals surface area contributed by atoms with E-state index < -0.39 is 0 Å². The van der Waals surface area contributed by atoms with Gasteiger partial charge in [-0.3, -0.25) is 9.13 Å². The van der Waals surface area contributed by atoms with Gasteiger partial charge in [-0.25, -0.2) is 9.78 Å². The molecule has 30 heavy (non-hydrogen) atoms. The number of hydrogen-bond acceptors (Lipinski definition) is 2. The Morgan fingerprint density at radius 2 is 1.77 bits per heavy atom. The van der Waals surface area contributed by atoms with E-state index in [0.29, 0.717) is 10.7 Å². The molecule has 5 rings (SSSR count). The van der Waals surface area contributed by atoms with Crippen molar-refractivity contribution in [2.75, 3.05) is 0 Å². The molecule has 2 aromatic heterocycles. The Balaban J connectivity index is 1.70. The molecule has 5 aromatic rings. The molecule has 0 bridgehead atoms. The van der Waals surface area contributed by atoms with Crippen LogP contribution in [0.3, 0.4) is 0 Å². The SMILES string of the molecule is Cc1cccc(-c2nc[nH]c2-c2ccc3c(c2)n(C)c(=O)n3-c2ccccc2Cl)c1. The third-order valence-electron chi connectivity index (χ3n) is 5.37. The first kappa shape index (κ1) is 18.5. The molecular weight excluding hydrogens is 396 g/mol. The minimum atomic E-state index is -0.140. The maximum absolute atomic E-state index is 13.0. The molecule has 0 spiro atoms. The summed E-state index contributed by atoms with van der Waals surface area (Å²) in [5.74, 6) is 0. The van der Waals surface area contributed by atoms with Crippen molar-refractivity contribution in [1.29, 1.82) is 0 Å². The van der Waals surface area contributed by atoms with Gasteiger partial charge in [0.05, 0.1) is 39.5 Å². The Bertz CT molecular complexity index is 1460. The van der Waals surface area contributed by atoms with Crippen molar-refractivity contribution in [2.45, 2.75) is 6.92 Å². The van der Waals surface area contributed by atoms with Gasteiger partial charge in [-0.1, -0.05) is 53.6 Å². The second-order valence-corrected chi connectivity index (χ2v) is 7.73. The molecule has 0 aliphatic heterocycles. The molecule has 148 valence electrons. The minimum absolute atomic E-state index is 0.140. The lowest BCUT2D eigenvalue weighted by Crippen LogP contribution is -2.21. The van der Waals surface area contributed by atoms with Crippen LogP contribution in [-0.4, -0.2) is 19.1 Å². The number of aromatic amines is 1. The van der Waals surface area contributed by atoms with Crippen LogP contribution in [0.1, 0.15) is 5.56 Å². The molecule has 0 atom stereocenters. The van der Waals surface area contributed by atoms with E-state index in [1.54, 1.807) is 28.6 Å². The number of aryl methyl sites for hydroxylation is 2. The number of benzene rings is 3. The highest BCUT2D eigenvalue weighted by molar-refractivity contribution is 6.32. The number of hydrogen-bond donors (Lipinski definition) is 1. The number of fused-ring (bicyclic) bond motifs is 1. The first-order chi connectivity index (χ1) is 14.5. The highest BCUT2D eigenvalue weighted by Crippen LogP contribution is 2.32. The average molecular weight is 415 g/mol. The van der Waals surface area contributed by atoms with E-state index in [2.05, 4.69) is 35.1 Å². The van der Waals surface area contributed by atoms with Crippen LogP contribution in [0.15, 0.2) is 77.9 Å². The number of H-pyrrole nitrogens is 1. The lowest BCUT2D eigenvalue weighted by molar-refractivity contribution is 0.846. The zero-order chi connectivity index (χ0) is 20.8. The normalized spacial score (nSPS) is 11.3. The zero-order valence-corrected chi connectivity index (χ0v) is 17.3. The Morgan fingerprint density at radius 1 is 0.933 bits per heavy atom. The molecule has 5 nitrogen and oxygen atoms in total. The Labute approximate surface area is 178 Å². The average Bonchev–Trinajstić information content (AvgIpc) is 3.33. The van der Waals surface area contributed by atoms with E-state index in [1.165, 1.54) is 5.56 Å². The lowest BCUT2D eigenvalue weighted by Gasteiger charge is -2.07. The van der Waals surface area contributed by atoms with E-state index in [1.807, 2.05) is 42.5 Å². The molecule has 0 aliphatic carbocycles. The van der Waals surface area contributed by atoms with Crippen LogP contribution in [0.25, 0.3) is 39.2 Å². The van der Waals surface area contributed by atoms with Crippen molar-refractivity contribution in [2.24, 2.45) is 7.05 Å². The summed E-state index contributed by atoms with van der Waals surface area (Å²) < 4.78 is 3.29. The first-order valence-electron chi connectivity index (χ1n) is 9.62. The molecule has 0 unspecified atom stereocenters. The summed E-state index contributed by atoms with van der Waals surface area (Å²) in [6, 6.07) is 21.6. The van der Waals surface area contributed by atoms with Gasteiger partial charge in [0.15, 0.2) is 0 Å². The second-order valence-electron chi connectivity index (χ2n) is 7.33. The fourth-order valence-corrected chi connectivity index (χ4v) is 4.10. The molecule has 0 fully saturated rings. The second kappa shape index (κ2) is 7.04. The molecule has 0 aliphatic rings.